The molecule has 0 radical (unpaired) electrons. The summed E-state index contributed by atoms with van der Waals surface area (Å²) in [6.07, 6.45) is 8.38. The minimum absolute atomic E-state index is 0.0533. The molecule has 2 rings (SSSR count). The van der Waals surface area contributed by atoms with Gasteiger partial charge in [0.1, 0.15) is 5.75 Å². The van der Waals surface area contributed by atoms with Crippen molar-refractivity contribution in [2.24, 2.45) is 0 Å². The molecule has 0 heterocycles. The van der Waals surface area contributed by atoms with Gasteiger partial charge in [0.2, 0.25) is 0 Å². The highest BCUT2D eigenvalue weighted by molar-refractivity contribution is 5.46. The zero-order chi connectivity index (χ0) is 21.7. The molecular formula is C27H38O2. The SMILES string of the molecule is CCC(O)(C=CCc1ccc(C(CC)(CC)c2ccc(O)c(C)c2)cc1C)CC. The second-order valence-electron chi connectivity index (χ2n) is 8.35. The largest absolute Gasteiger partial charge is 0.508 e. The van der Waals surface area contributed by atoms with E-state index in [1.807, 2.05) is 32.9 Å². The van der Waals surface area contributed by atoms with Crippen molar-refractivity contribution < 1.29 is 10.2 Å². The van der Waals surface area contributed by atoms with Crippen molar-refractivity contribution in [3.05, 3.63) is 76.4 Å². The van der Waals surface area contributed by atoms with E-state index in [4.69, 9.17) is 0 Å². The number of aromatic hydroxyl groups is 1. The Labute approximate surface area is 177 Å². The zero-order valence-corrected chi connectivity index (χ0v) is 19.0. The van der Waals surface area contributed by atoms with E-state index in [0.717, 1.165) is 37.7 Å². The van der Waals surface area contributed by atoms with Crippen molar-refractivity contribution in [2.45, 2.75) is 84.7 Å². The van der Waals surface area contributed by atoms with Crippen LogP contribution in [-0.4, -0.2) is 15.8 Å². The Morgan fingerprint density at radius 2 is 1.34 bits per heavy atom. The Kier molecular flexibility index (Phi) is 7.71. The summed E-state index contributed by atoms with van der Waals surface area (Å²) in [5.74, 6) is 0.354. The lowest BCUT2D eigenvalue weighted by molar-refractivity contribution is 0.0826. The van der Waals surface area contributed by atoms with E-state index >= 15 is 0 Å². The van der Waals surface area contributed by atoms with E-state index in [0.29, 0.717) is 5.75 Å². The fraction of sp³-hybridized carbons (Fsp3) is 0.481. The average Bonchev–Trinajstić information content (AvgIpc) is 2.73. The van der Waals surface area contributed by atoms with Gasteiger partial charge in [0.15, 0.2) is 0 Å². The predicted molar refractivity (Wildman–Crippen MR) is 124 cm³/mol. The summed E-state index contributed by atoms with van der Waals surface area (Å²) in [5.41, 5.74) is 5.35. The first-order chi connectivity index (χ1) is 13.7. The third-order valence-electron chi connectivity index (χ3n) is 6.84. The quantitative estimate of drug-likeness (QED) is 0.461. The smallest absolute Gasteiger partial charge is 0.118 e. The van der Waals surface area contributed by atoms with E-state index in [2.05, 4.69) is 57.2 Å². The number of hydrogen-bond donors (Lipinski definition) is 2. The van der Waals surface area contributed by atoms with Crippen LogP contribution in [0.2, 0.25) is 0 Å². The normalized spacial score (nSPS) is 12.7. The summed E-state index contributed by atoms with van der Waals surface area (Å²) in [7, 11) is 0. The van der Waals surface area contributed by atoms with Crippen LogP contribution in [0.4, 0.5) is 0 Å². The highest BCUT2D eigenvalue weighted by Crippen LogP contribution is 2.40. The Hall–Kier alpha value is -2.06. The van der Waals surface area contributed by atoms with Crippen LogP contribution in [0.25, 0.3) is 0 Å². The van der Waals surface area contributed by atoms with Gasteiger partial charge in [0, 0.05) is 5.41 Å². The van der Waals surface area contributed by atoms with Gasteiger partial charge in [0.25, 0.3) is 0 Å². The second-order valence-corrected chi connectivity index (χ2v) is 8.35. The minimum atomic E-state index is -0.690. The molecule has 29 heavy (non-hydrogen) atoms. The van der Waals surface area contributed by atoms with Crippen molar-refractivity contribution in [3.63, 3.8) is 0 Å². The Balaban J connectivity index is 2.37. The maximum Gasteiger partial charge on any atom is 0.118 e. The van der Waals surface area contributed by atoms with Gasteiger partial charge >= 0.3 is 0 Å². The summed E-state index contributed by atoms with van der Waals surface area (Å²) in [6, 6.07) is 12.8. The molecule has 2 aromatic carbocycles. The lowest BCUT2D eigenvalue weighted by Gasteiger charge is -2.34. The third kappa shape index (κ3) is 4.93. The highest BCUT2D eigenvalue weighted by atomic mass is 16.3. The van der Waals surface area contributed by atoms with E-state index in [1.54, 1.807) is 0 Å². The van der Waals surface area contributed by atoms with Gasteiger partial charge in [-0.3, -0.25) is 0 Å². The van der Waals surface area contributed by atoms with Gasteiger partial charge in [-0.25, -0.2) is 0 Å². The fourth-order valence-electron chi connectivity index (χ4n) is 4.30. The molecule has 2 nitrogen and oxygen atoms in total. The topological polar surface area (TPSA) is 40.5 Å². The molecule has 2 heteroatoms. The van der Waals surface area contributed by atoms with Crippen LogP contribution >= 0.6 is 0 Å². The molecule has 0 aliphatic rings. The molecule has 0 atom stereocenters. The first-order valence-corrected chi connectivity index (χ1v) is 11.0. The number of phenolic OH excluding ortho intramolecular Hbond substituents is 1. The molecule has 2 N–H and O–H groups in total. The van der Waals surface area contributed by atoms with Crippen molar-refractivity contribution in [3.8, 4) is 5.75 Å². The standard InChI is InChI=1S/C27H38O2/c1-7-26(29,8-2)17-11-12-22-13-14-23(18-20(22)5)27(9-3,10-4)24-15-16-25(28)21(6)19-24/h11,13-19,28-29H,7-10,12H2,1-6H3. The van der Waals surface area contributed by atoms with Crippen LogP contribution in [0, 0.1) is 13.8 Å². The maximum atomic E-state index is 10.5. The monoisotopic (exact) mass is 394 g/mol. The molecule has 0 spiro atoms. The minimum Gasteiger partial charge on any atom is -0.508 e. The summed E-state index contributed by atoms with van der Waals surface area (Å²) in [5, 5.41) is 20.4. The molecule has 0 unspecified atom stereocenters. The molecule has 0 saturated carbocycles. The zero-order valence-electron chi connectivity index (χ0n) is 19.0. The van der Waals surface area contributed by atoms with E-state index in [-0.39, 0.29) is 5.41 Å². The van der Waals surface area contributed by atoms with Crippen LogP contribution < -0.4 is 0 Å². The summed E-state index contributed by atoms with van der Waals surface area (Å²) >= 11 is 0. The van der Waals surface area contributed by atoms with Gasteiger partial charge in [-0.2, -0.15) is 0 Å². The molecule has 0 aliphatic heterocycles. The van der Waals surface area contributed by atoms with Crippen molar-refractivity contribution in [1.29, 1.82) is 0 Å². The lowest BCUT2D eigenvalue weighted by atomic mass is 9.70. The summed E-state index contributed by atoms with van der Waals surface area (Å²) < 4.78 is 0. The lowest BCUT2D eigenvalue weighted by Crippen LogP contribution is -2.26. The average molecular weight is 395 g/mol. The van der Waals surface area contributed by atoms with Crippen LogP contribution in [0.15, 0.2) is 48.6 Å². The first kappa shape index (κ1) is 23.2. The van der Waals surface area contributed by atoms with Crippen LogP contribution in [0.3, 0.4) is 0 Å². The number of aryl methyl sites for hydroxylation is 2. The number of rotatable bonds is 9. The first-order valence-electron chi connectivity index (χ1n) is 11.0. The maximum absolute atomic E-state index is 10.5. The molecule has 158 valence electrons. The molecule has 0 aromatic heterocycles. The van der Waals surface area contributed by atoms with Gasteiger partial charge in [-0.15, -0.1) is 0 Å². The molecule has 2 aromatic rings. The summed E-state index contributed by atoms with van der Waals surface area (Å²) in [4.78, 5) is 0. The van der Waals surface area contributed by atoms with Gasteiger partial charge in [-0.1, -0.05) is 70.2 Å². The van der Waals surface area contributed by atoms with E-state index in [9.17, 15) is 10.2 Å². The van der Waals surface area contributed by atoms with Crippen molar-refractivity contribution in [1.82, 2.24) is 0 Å². The fourth-order valence-corrected chi connectivity index (χ4v) is 4.30. The third-order valence-corrected chi connectivity index (χ3v) is 6.84. The van der Waals surface area contributed by atoms with Crippen LogP contribution in [0.5, 0.6) is 5.75 Å². The number of phenols is 1. The highest BCUT2D eigenvalue weighted by Gasteiger charge is 2.31. The van der Waals surface area contributed by atoms with Crippen molar-refractivity contribution >= 4 is 0 Å². The molecule has 0 amide bonds. The number of allylic oxidation sites excluding steroid dienone is 1. The second kappa shape index (κ2) is 9.63. The Morgan fingerprint density at radius 3 is 1.83 bits per heavy atom. The van der Waals surface area contributed by atoms with Gasteiger partial charge in [0.05, 0.1) is 5.60 Å². The van der Waals surface area contributed by atoms with Gasteiger partial charge in [-0.05, 0) is 79.8 Å². The number of hydrogen-bond acceptors (Lipinski definition) is 2. The van der Waals surface area contributed by atoms with E-state index < -0.39 is 5.60 Å². The van der Waals surface area contributed by atoms with Crippen LogP contribution in [-0.2, 0) is 11.8 Å². The molecule has 0 aliphatic carbocycles. The number of aliphatic hydroxyl groups is 1. The van der Waals surface area contributed by atoms with Crippen molar-refractivity contribution in [2.75, 3.05) is 0 Å². The summed E-state index contributed by atoms with van der Waals surface area (Å²) in [6.45, 7) is 12.7. The number of benzene rings is 2. The molecule has 0 fully saturated rings. The molecular weight excluding hydrogens is 356 g/mol. The van der Waals surface area contributed by atoms with Crippen LogP contribution in [0.1, 0.15) is 81.2 Å². The van der Waals surface area contributed by atoms with Gasteiger partial charge < -0.3 is 10.2 Å². The Morgan fingerprint density at radius 1 is 0.793 bits per heavy atom. The predicted octanol–water partition coefficient (Wildman–Crippen LogP) is 6.76. The molecule has 0 saturated heterocycles. The Bertz CT molecular complexity index is 840. The van der Waals surface area contributed by atoms with E-state index in [1.165, 1.54) is 22.3 Å². The molecule has 0 bridgehead atoms.